The number of pyridine rings is 1. The van der Waals surface area contributed by atoms with Crippen molar-refractivity contribution < 1.29 is 38.0 Å². The number of fused-ring (bicyclic) bond motifs is 4. The fourth-order valence-electron chi connectivity index (χ4n) is 15.3. The minimum atomic E-state index is -1.01. The lowest BCUT2D eigenvalue weighted by molar-refractivity contribution is -0.140. The van der Waals surface area contributed by atoms with Gasteiger partial charge in [-0.1, -0.05) is 24.6 Å². The van der Waals surface area contributed by atoms with Crippen LogP contribution in [0.25, 0.3) is 22.3 Å². The predicted molar refractivity (Wildman–Crippen MR) is 325 cm³/mol. The summed E-state index contributed by atoms with van der Waals surface area (Å²) in [5, 5.41) is 8.50. The van der Waals surface area contributed by atoms with Gasteiger partial charge >= 0.3 is 0 Å². The van der Waals surface area contributed by atoms with Gasteiger partial charge in [-0.3, -0.25) is 43.8 Å². The zero-order valence-corrected chi connectivity index (χ0v) is 50.1. The topological polar surface area (TPSA) is 206 Å². The Morgan fingerprint density at radius 3 is 2.24 bits per heavy atom. The molecule has 5 saturated heterocycles. The molecule has 6 fully saturated rings. The van der Waals surface area contributed by atoms with Crippen LogP contribution in [-0.2, 0) is 24.6 Å². The average molecular weight is 1170 g/mol. The second-order valence-electron chi connectivity index (χ2n) is 26.2. The highest BCUT2D eigenvalue weighted by Gasteiger charge is 2.56. The molecule has 19 nitrogen and oxygen atoms in total. The summed E-state index contributed by atoms with van der Waals surface area (Å²) in [6.45, 7) is 16.8. The number of amides is 7. The minimum Gasteiger partial charge on any atom is -0.371 e. The summed E-state index contributed by atoms with van der Waals surface area (Å²) in [5.74, 6) is -1.77. The molecule has 0 radical (unpaired) electrons. The van der Waals surface area contributed by atoms with E-state index in [0.29, 0.717) is 88.4 Å². The molecule has 3 aromatic carbocycles. The quantitative estimate of drug-likeness (QED) is 0.0951. The smallest absolute Gasteiger partial charge is 0.264 e. The summed E-state index contributed by atoms with van der Waals surface area (Å²) in [6.07, 6.45) is 11.9. The van der Waals surface area contributed by atoms with Gasteiger partial charge in [0.15, 0.2) is 5.82 Å². The highest BCUT2D eigenvalue weighted by Crippen LogP contribution is 2.53. The van der Waals surface area contributed by atoms with Crippen LogP contribution in [0.4, 0.5) is 27.3 Å². The monoisotopic (exact) mass is 1170 g/mol. The van der Waals surface area contributed by atoms with Crippen molar-refractivity contribution in [1.82, 2.24) is 44.8 Å². The van der Waals surface area contributed by atoms with Gasteiger partial charge in [0, 0.05) is 86.0 Å². The summed E-state index contributed by atoms with van der Waals surface area (Å²) in [7, 11) is 0. The highest BCUT2D eigenvalue weighted by molar-refractivity contribution is 6.25. The number of imide groups is 2. The number of imidazole rings is 1. The van der Waals surface area contributed by atoms with Gasteiger partial charge in [-0.05, 0) is 185 Å². The van der Waals surface area contributed by atoms with Crippen LogP contribution >= 0.6 is 0 Å². The standard InChI is InChI=1S/C66H79FN12O7/c1-38(2)69-60(81)47-34-51(49(67)30-40(47)5)71-59-58-52(68-37-77(58)39(3)4)35-50(70-59)43-12-13-48-55(31-43)78(45-32-44(33-45)74-22-7-6-8-23-74)65(86)66(48)20-28-76(29-21-66)62(83)42-18-24-73(25-19-42)36-41-16-26-75(27-17-41)53-11-9-10-46-57(53)64(85)79(63(46)84)54-14-15-56(80)72-61(54)82/h9-13,30-31,34-35,37-39,41-42,44-45,54H,6-8,14-29,32-33,36H2,1-5H3,(H,69,81)(H,70,71)(H,72,80,82)/t44-,45+,54?. The lowest BCUT2D eigenvalue weighted by atomic mass is 9.73. The van der Waals surface area contributed by atoms with Crippen LogP contribution < -0.4 is 25.8 Å². The molecule has 1 saturated carbocycles. The van der Waals surface area contributed by atoms with Crippen molar-refractivity contribution in [2.45, 2.75) is 154 Å². The van der Waals surface area contributed by atoms with Crippen LogP contribution in [0.3, 0.4) is 0 Å². The third-order valence-corrected chi connectivity index (χ3v) is 20.2. The van der Waals surface area contributed by atoms with Crippen molar-refractivity contribution in [3.05, 3.63) is 94.6 Å². The maximum atomic E-state index is 16.0. The van der Waals surface area contributed by atoms with Crippen molar-refractivity contribution in [1.29, 1.82) is 0 Å². The second-order valence-corrected chi connectivity index (χ2v) is 26.2. The van der Waals surface area contributed by atoms with Crippen molar-refractivity contribution in [2.75, 3.05) is 74.0 Å². The van der Waals surface area contributed by atoms with Gasteiger partial charge in [0.05, 0.1) is 45.5 Å². The second kappa shape index (κ2) is 22.9. The molecule has 1 aliphatic carbocycles. The summed E-state index contributed by atoms with van der Waals surface area (Å²) in [4.78, 5) is 118. The molecule has 20 heteroatoms. The summed E-state index contributed by atoms with van der Waals surface area (Å²) in [5.41, 5.74) is 6.23. The summed E-state index contributed by atoms with van der Waals surface area (Å²) >= 11 is 0. The number of piperidine rings is 5. The Kier molecular flexibility index (Phi) is 15.3. The number of carbonyl (C=O) groups excluding carboxylic acids is 7. The van der Waals surface area contributed by atoms with Gasteiger partial charge in [-0.2, -0.15) is 0 Å². The average Bonchev–Trinajstić information content (AvgIpc) is 1.60. The minimum absolute atomic E-state index is 0.0132. The van der Waals surface area contributed by atoms with E-state index in [4.69, 9.17) is 9.97 Å². The molecule has 5 aromatic rings. The molecule has 7 aliphatic heterocycles. The van der Waals surface area contributed by atoms with Crippen molar-refractivity contribution in [2.24, 2.45) is 11.8 Å². The van der Waals surface area contributed by atoms with Crippen molar-refractivity contribution in [3.8, 4) is 11.3 Å². The number of rotatable bonds is 13. The maximum absolute atomic E-state index is 16.0. The molecule has 1 unspecified atom stereocenters. The number of nitrogens with one attached hydrogen (secondary N) is 3. The predicted octanol–water partition coefficient (Wildman–Crippen LogP) is 8.26. The van der Waals surface area contributed by atoms with E-state index in [9.17, 15) is 28.8 Å². The first-order chi connectivity index (χ1) is 41.4. The molecule has 7 amide bonds. The molecule has 452 valence electrons. The Balaban J connectivity index is 0.683. The molecule has 13 rings (SSSR count). The van der Waals surface area contributed by atoms with E-state index in [2.05, 4.69) is 61.5 Å². The van der Waals surface area contributed by atoms with E-state index in [-0.39, 0.29) is 60.3 Å². The van der Waals surface area contributed by atoms with Crippen molar-refractivity contribution >= 4 is 75.3 Å². The van der Waals surface area contributed by atoms with E-state index < -0.39 is 40.9 Å². The third kappa shape index (κ3) is 10.3. The molecule has 1 spiro atoms. The number of benzene rings is 3. The van der Waals surface area contributed by atoms with Gasteiger partial charge in [-0.25, -0.2) is 14.4 Å². The number of nitrogens with zero attached hydrogens (tertiary/aromatic N) is 9. The molecule has 86 heavy (non-hydrogen) atoms. The van der Waals surface area contributed by atoms with Gasteiger partial charge in [-0.15, -0.1) is 0 Å². The molecular weight excluding hydrogens is 1090 g/mol. The van der Waals surface area contributed by atoms with E-state index in [0.717, 1.165) is 106 Å². The number of anilines is 4. The van der Waals surface area contributed by atoms with Crippen LogP contribution in [-0.4, -0.2) is 159 Å². The lowest BCUT2D eigenvalue weighted by Gasteiger charge is -2.48. The van der Waals surface area contributed by atoms with Gasteiger partial charge in [0.25, 0.3) is 17.7 Å². The Morgan fingerprint density at radius 1 is 0.791 bits per heavy atom. The van der Waals surface area contributed by atoms with Crippen LogP contribution in [0.15, 0.2) is 60.9 Å². The molecule has 2 aromatic heterocycles. The van der Waals surface area contributed by atoms with Crippen LogP contribution in [0, 0.1) is 24.6 Å². The fraction of sp³-hybridized carbons (Fsp3) is 0.530. The third-order valence-electron chi connectivity index (χ3n) is 20.2. The van der Waals surface area contributed by atoms with Crippen LogP contribution in [0.1, 0.15) is 159 Å². The normalized spacial score (nSPS) is 23.2. The molecule has 3 N–H and O–H groups in total. The molecule has 9 heterocycles. The first-order valence-corrected chi connectivity index (χ1v) is 31.5. The van der Waals surface area contributed by atoms with E-state index in [1.807, 2.05) is 41.5 Å². The van der Waals surface area contributed by atoms with E-state index in [1.54, 1.807) is 31.5 Å². The largest absolute Gasteiger partial charge is 0.371 e. The summed E-state index contributed by atoms with van der Waals surface area (Å²) < 4.78 is 18.0. The Morgan fingerprint density at radius 2 is 1.53 bits per heavy atom. The lowest BCUT2D eigenvalue weighted by Crippen LogP contribution is -2.58. The van der Waals surface area contributed by atoms with Crippen LogP contribution in [0.5, 0.6) is 0 Å². The number of hydrogen-bond donors (Lipinski definition) is 3. The molecule has 8 aliphatic rings. The van der Waals surface area contributed by atoms with Gasteiger partial charge in [0.1, 0.15) is 17.4 Å². The van der Waals surface area contributed by atoms with E-state index >= 15 is 9.18 Å². The SMILES string of the molecule is Cc1cc(F)c(Nc2nc(-c3ccc4c(c3)N([C@H]3C[C@@H](N5CCCCC5)C3)C(=O)C43CCN(C(=O)C4CCN(CC5CCN(c6cccc7c6C(=O)N(C6CCC(=O)NC6=O)C7=O)CC5)CC4)CC3)cc3ncn(C(C)C)c23)cc1C(=O)NC(C)C. The maximum Gasteiger partial charge on any atom is 0.264 e. The Hall–Kier alpha value is -7.58. The Bertz CT molecular complexity index is 3560. The van der Waals surface area contributed by atoms with Crippen LogP contribution in [0.2, 0.25) is 0 Å². The first kappa shape index (κ1) is 57.5. The number of halogens is 1. The van der Waals surface area contributed by atoms with Gasteiger partial charge in [0.2, 0.25) is 23.6 Å². The summed E-state index contributed by atoms with van der Waals surface area (Å²) in [6, 6.07) is 15.8. The first-order valence-electron chi connectivity index (χ1n) is 31.5. The number of carbonyl (C=O) groups is 7. The number of hydrogen-bond acceptors (Lipinski definition) is 13. The molecule has 0 bridgehead atoms. The zero-order valence-electron chi connectivity index (χ0n) is 50.1. The molecular formula is C66H79FN12O7. The van der Waals surface area contributed by atoms with Crippen molar-refractivity contribution in [3.63, 3.8) is 0 Å². The van der Waals surface area contributed by atoms with Gasteiger partial charge < -0.3 is 39.7 Å². The van der Waals surface area contributed by atoms with E-state index in [1.165, 1.54) is 25.3 Å². The number of aryl methyl sites for hydroxylation is 1. The zero-order chi connectivity index (χ0) is 59.9. The highest BCUT2D eigenvalue weighted by atomic mass is 19.1. The number of aromatic nitrogens is 3. The fourth-order valence-corrected chi connectivity index (χ4v) is 15.3. The number of likely N-dealkylation sites (tertiary alicyclic amines) is 3. The Labute approximate surface area is 501 Å². The molecule has 1 atom stereocenters.